The van der Waals surface area contributed by atoms with E-state index in [0.29, 0.717) is 6.42 Å². The van der Waals surface area contributed by atoms with Gasteiger partial charge in [-0.25, -0.2) is 17.2 Å². The van der Waals surface area contributed by atoms with Crippen LogP contribution in [-0.2, 0) is 20.2 Å². The minimum Gasteiger partial charge on any atom is -0.352 e. The molecule has 0 fully saturated rings. The zero-order chi connectivity index (χ0) is 22.7. The van der Waals surface area contributed by atoms with Gasteiger partial charge in [-0.3, -0.25) is 9.10 Å². The van der Waals surface area contributed by atoms with Gasteiger partial charge in [-0.15, -0.1) is 0 Å². The van der Waals surface area contributed by atoms with Gasteiger partial charge in [0.25, 0.3) is 0 Å². The van der Waals surface area contributed by atoms with Gasteiger partial charge in [0.2, 0.25) is 15.9 Å². The molecule has 0 spiro atoms. The number of nitrogens with zero attached hydrogens (tertiary/aromatic N) is 1. The number of hydrogen-bond acceptors (Lipinski definition) is 3. The summed E-state index contributed by atoms with van der Waals surface area (Å²) < 4.78 is 52.3. The maximum atomic E-state index is 13.7. The minimum absolute atomic E-state index is 0.115. The molecule has 30 heavy (non-hydrogen) atoms. The number of carbonyl (C=O) groups is 1. The molecule has 2 atom stereocenters. The fourth-order valence-electron chi connectivity index (χ4n) is 3.62. The minimum atomic E-state index is -3.92. The van der Waals surface area contributed by atoms with Crippen LogP contribution in [-0.4, -0.2) is 32.7 Å². The highest BCUT2D eigenvalue weighted by atomic mass is 32.2. The Morgan fingerprint density at radius 3 is 2.20 bits per heavy atom. The second-order valence-electron chi connectivity index (χ2n) is 8.20. The average Bonchev–Trinajstić information content (AvgIpc) is 2.63. The molecule has 0 saturated carbocycles. The molecule has 2 rings (SSSR count). The first-order valence-corrected chi connectivity index (χ1v) is 11.5. The lowest BCUT2D eigenvalue weighted by atomic mass is 9.79. The first-order valence-electron chi connectivity index (χ1n) is 9.63. The van der Waals surface area contributed by atoms with E-state index in [-0.39, 0.29) is 17.1 Å². The number of rotatable bonds is 8. The van der Waals surface area contributed by atoms with Gasteiger partial charge in [0.15, 0.2) is 11.6 Å². The Labute approximate surface area is 177 Å². The van der Waals surface area contributed by atoms with Crippen molar-refractivity contribution in [2.45, 2.75) is 51.6 Å². The predicted octanol–water partition coefficient (Wildman–Crippen LogP) is 3.99. The normalized spacial score (nSPS) is 14.1. The molecule has 8 heteroatoms. The molecule has 0 aliphatic carbocycles. The standard InChI is InChI=1S/C22H28F2N2O3S/c1-15(14-22(3,4)17-9-7-6-8-10-17)25-21(27)16(2)26(30(5,28)29)18-11-12-19(23)20(24)13-18/h6-13,15-16H,14H2,1-5H3,(H,25,27)/t15-,16+/m0/s1. The molecule has 0 heterocycles. The quantitative estimate of drug-likeness (QED) is 0.678. The second kappa shape index (κ2) is 9.12. The SMILES string of the molecule is C[C@H](C(=O)N[C@@H](C)CC(C)(C)c1ccccc1)N(c1ccc(F)c(F)c1)S(C)(=O)=O. The number of anilines is 1. The molecule has 0 saturated heterocycles. The van der Waals surface area contributed by atoms with Gasteiger partial charge in [-0.2, -0.15) is 0 Å². The van der Waals surface area contributed by atoms with Crippen LogP contribution in [0.4, 0.5) is 14.5 Å². The van der Waals surface area contributed by atoms with Gasteiger partial charge < -0.3 is 5.32 Å². The molecule has 0 aromatic heterocycles. The van der Waals surface area contributed by atoms with Gasteiger partial charge in [0.05, 0.1) is 11.9 Å². The Bertz CT molecular complexity index is 995. The molecule has 1 amide bonds. The highest BCUT2D eigenvalue weighted by molar-refractivity contribution is 7.92. The van der Waals surface area contributed by atoms with Gasteiger partial charge in [-0.1, -0.05) is 44.2 Å². The maximum Gasteiger partial charge on any atom is 0.243 e. The fourth-order valence-corrected chi connectivity index (χ4v) is 4.78. The lowest BCUT2D eigenvalue weighted by Crippen LogP contribution is -2.50. The number of benzene rings is 2. The second-order valence-corrected chi connectivity index (χ2v) is 10.1. The highest BCUT2D eigenvalue weighted by Gasteiger charge is 2.31. The topological polar surface area (TPSA) is 66.5 Å². The van der Waals surface area contributed by atoms with Gasteiger partial charge in [0.1, 0.15) is 6.04 Å². The number of nitrogens with one attached hydrogen (secondary N) is 1. The van der Waals surface area contributed by atoms with Gasteiger partial charge >= 0.3 is 0 Å². The first kappa shape index (κ1) is 23.8. The molecule has 0 bridgehead atoms. The van der Waals surface area contributed by atoms with Gasteiger partial charge in [0, 0.05) is 12.1 Å². The fraction of sp³-hybridized carbons (Fsp3) is 0.409. The van der Waals surface area contributed by atoms with Crippen molar-refractivity contribution in [1.82, 2.24) is 5.32 Å². The van der Waals surface area contributed by atoms with Crippen molar-refractivity contribution < 1.29 is 22.0 Å². The number of sulfonamides is 1. The lowest BCUT2D eigenvalue weighted by molar-refractivity contribution is -0.122. The summed E-state index contributed by atoms with van der Waals surface area (Å²) in [6, 6.07) is 11.2. The molecule has 2 aromatic rings. The summed E-state index contributed by atoms with van der Waals surface area (Å²) in [6.45, 7) is 7.39. The van der Waals surface area contributed by atoms with Crippen molar-refractivity contribution in [2.75, 3.05) is 10.6 Å². The highest BCUT2D eigenvalue weighted by Crippen LogP contribution is 2.28. The molecule has 0 aliphatic heterocycles. The summed E-state index contributed by atoms with van der Waals surface area (Å²) in [4.78, 5) is 12.8. The molecule has 0 radical (unpaired) electrons. The van der Waals surface area contributed by atoms with Crippen molar-refractivity contribution >= 4 is 21.6 Å². The summed E-state index contributed by atoms with van der Waals surface area (Å²) in [7, 11) is -3.92. The number of hydrogen-bond donors (Lipinski definition) is 1. The van der Waals surface area contributed by atoms with Crippen molar-refractivity contribution in [3.63, 3.8) is 0 Å². The van der Waals surface area contributed by atoms with Crippen molar-refractivity contribution in [1.29, 1.82) is 0 Å². The average molecular weight is 439 g/mol. The van der Waals surface area contributed by atoms with Crippen LogP contribution in [0.15, 0.2) is 48.5 Å². The van der Waals surface area contributed by atoms with Gasteiger partial charge in [-0.05, 0) is 43.4 Å². The van der Waals surface area contributed by atoms with E-state index in [1.807, 2.05) is 37.3 Å². The molecule has 164 valence electrons. The molecule has 1 N–H and O–H groups in total. The molecule has 0 unspecified atom stereocenters. The van der Waals surface area contributed by atoms with Crippen LogP contribution in [0, 0.1) is 11.6 Å². The smallest absolute Gasteiger partial charge is 0.243 e. The zero-order valence-electron chi connectivity index (χ0n) is 17.8. The summed E-state index contributed by atoms with van der Waals surface area (Å²) in [5.41, 5.74) is 0.795. The Morgan fingerprint density at radius 1 is 1.07 bits per heavy atom. The number of carbonyl (C=O) groups excluding carboxylic acids is 1. The van der Waals surface area contributed by atoms with Crippen molar-refractivity contribution in [3.8, 4) is 0 Å². The number of halogens is 2. The summed E-state index contributed by atoms with van der Waals surface area (Å²) in [5, 5.41) is 2.84. The maximum absolute atomic E-state index is 13.7. The van der Waals surface area contributed by atoms with Crippen LogP contribution in [0.25, 0.3) is 0 Å². The predicted molar refractivity (Wildman–Crippen MR) is 115 cm³/mol. The van der Waals surface area contributed by atoms with E-state index in [4.69, 9.17) is 0 Å². The van der Waals surface area contributed by atoms with Crippen LogP contribution in [0.2, 0.25) is 0 Å². The van der Waals surface area contributed by atoms with Crippen LogP contribution >= 0.6 is 0 Å². The monoisotopic (exact) mass is 438 g/mol. The number of amides is 1. The van der Waals surface area contributed by atoms with E-state index in [2.05, 4.69) is 19.2 Å². The van der Waals surface area contributed by atoms with E-state index in [1.165, 1.54) is 6.92 Å². The Hall–Kier alpha value is -2.48. The molecule has 0 aliphatic rings. The molecular formula is C22H28F2N2O3S. The van der Waals surface area contributed by atoms with Crippen LogP contribution in [0.1, 0.15) is 39.7 Å². The van der Waals surface area contributed by atoms with Crippen LogP contribution in [0.3, 0.4) is 0 Å². The van der Waals surface area contributed by atoms with Crippen LogP contribution < -0.4 is 9.62 Å². The van der Waals surface area contributed by atoms with E-state index in [1.54, 1.807) is 0 Å². The van der Waals surface area contributed by atoms with E-state index >= 15 is 0 Å². The molecule has 5 nitrogen and oxygen atoms in total. The van der Waals surface area contributed by atoms with E-state index in [9.17, 15) is 22.0 Å². The summed E-state index contributed by atoms with van der Waals surface area (Å²) in [5.74, 6) is -2.81. The first-order chi connectivity index (χ1) is 13.8. The summed E-state index contributed by atoms with van der Waals surface area (Å²) in [6.07, 6.45) is 1.54. The third kappa shape index (κ3) is 5.78. The largest absolute Gasteiger partial charge is 0.352 e. The third-order valence-electron chi connectivity index (χ3n) is 5.01. The molecule has 2 aromatic carbocycles. The van der Waals surface area contributed by atoms with E-state index < -0.39 is 33.6 Å². The van der Waals surface area contributed by atoms with E-state index in [0.717, 1.165) is 34.3 Å². The summed E-state index contributed by atoms with van der Waals surface area (Å²) >= 11 is 0. The van der Waals surface area contributed by atoms with Crippen molar-refractivity contribution in [2.24, 2.45) is 0 Å². The van der Waals surface area contributed by atoms with Crippen LogP contribution in [0.5, 0.6) is 0 Å². The molecular weight excluding hydrogens is 410 g/mol. The van der Waals surface area contributed by atoms with Crippen molar-refractivity contribution in [3.05, 3.63) is 65.7 Å². The Kier molecular flexibility index (Phi) is 7.23. The lowest BCUT2D eigenvalue weighted by Gasteiger charge is -2.32. The third-order valence-corrected chi connectivity index (χ3v) is 6.25. The Balaban J connectivity index is 2.18. The Morgan fingerprint density at radius 2 is 1.67 bits per heavy atom. The zero-order valence-corrected chi connectivity index (χ0v) is 18.6.